The van der Waals surface area contributed by atoms with Crippen molar-refractivity contribution in [1.82, 2.24) is 10.2 Å². The Labute approximate surface area is 252 Å². The van der Waals surface area contributed by atoms with Crippen LogP contribution in [0.5, 0.6) is 0 Å². The van der Waals surface area contributed by atoms with Gasteiger partial charge in [0.05, 0.1) is 16.1 Å². The minimum Gasteiger partial charge on any atom is -0.357 e. The van der Waals surface area contributed by atoms with E-state index in [4.69, 9.17) is 0 Å². The van der Waals surface area contributed by atoms with Crippen molar-refractivity contribution in [2.24, 2.45) is 0 Å². The molecule has 0 spiro atoms. The number of rotatable bonds is 11. The second-order valence-electron chi connectivity index (χ2n) is 9.84. The summed E-state index contributed by atoms with van der Waals surface area (Å²) in [6.07, 6.45) is -4.74. The van der Waals surface area contributed by atoms with Gasteiger partial charge in [0, 0.05) is 20.0 Å². The van der Waals surface area contributed by atoms with Gasteiger partial charge in [-0.15, -0.1) is 0 Å². The lowest BCUT2D eigenvalue weighted by Crippen LogP contribution is -2.53. The highest BCUT2D eigenvalue weighted by molar-refractivity contribution is 7.92. The van der Waals surface area contributed by atoms with Crippen LogP contribution in [0.3, 0.4) is 0 Å². The number of carbonyl (C=O) groups excluding carboxylic acids is 2. The normalized spacial score (nSPS) is 12.3. The van der Waals surface area contributed by atoms with Crippen LogP contribution in [-0.4, -0.2) is 44.8 Å². The maximum absolute atomic E-state index is 14.2. The summed E-state index contributed by atoms with van der Waals surface area (Å²) in [4.78, 5) is 28.3. The van der Waals surface area contributed by atoms with Crippen LogP contribution in [0.1, 0.15) is 16.7 Å². The minimum atomic E-state index is -4.78. The van der Waals surface area contributed by atoms with Gasteiger partial charge in [0.15, 0.2) is 0 Å². The molecule has 0 aliphatic rings. The molecule has 7 nitrogen and oxygen atoms in total. The van der Waals surface area contributed by atoms with Crippen molar-refractivity contribution < 1.29 is 35.6 Å². The molecule has 0 saturated heterocycles. The predicted octanol–water partition coefficient (Wildman–Crippen LogP) is 5.43. The molecule has 4 aromatic carbocycles. The van der Waals surface area contributed by atoms with Crippen LogP contribution in [0.2, 0.25) is 0 Å². The number of nitrogens with zero attached hydrogens (tertiary/aromatic N) is 2. The average molecular weight is 628 g/mol. The molecule has 0 aliphatic carbocycles. The number of carbonyl (C=O) groups is 2. The molecule has 2 amide bonds. The average Bonchev–Trinajstić information content (AvgIpc) is 3.02. The van der Waals surface area contributed by atoms with Crippen molar-refractivity contribution in [3.05, 3.63) is 132 Å². The van der Waals surface area contributed by atoms with Gasteiger partial charge in [-0.05, 0) is 53.6 Å². The van der Waals surface area contributed by atoms with E-state index in [1.165, 1.54) is 55.6 Å². The molecule has 0 fully saturated rings. The van der Waals surface area contributed by atoms with E-state index in [1.54, 1.807) is 36.4 Å². The van der Waals surface area contributed by atoms with Crippen LogP contribution < -0.4 is 9.62 Å². The van der Waals surface area contributed by atoms with Gasteiger partial charge in [0.1, 0.15) is 18.4 Å². The Kier molecular flexibility index (Phi) is 10.0. The third-order valence-corrected chi connectivity index (χ3v) is 8.64. The molecule has 4 aromatic rings. The summed E-state index contributed by atoms with van der Waals surface area (Å²) in [7, 11) is -3.18. The monoisotopic (exact) mass is 627 g/mol. The summed E-state index contributed by atoms with van der Waals surface area (Å²) in [5.41, 5.74) is -0.354. The molecule has 44 heavy (non-hydrogen) atoms. The predicted molar refractivity (Wildman–Crippen MR) is 157 cm³/mol. The minimum absolute atomic E-state index is 0.0441. The number of hydrogen-bond acceptors (Lipinski definition) is 4. The Morgan fingerprint density at radius 2 is 1.43 bits per heavy atom. The maximum atomic E-state index is 14.2. The molecule has 0 aromatic heterocycles. The Hall–Kier alpha value is -4.71. The number of halogens is 4. The van der Waals surface area contributed by atoms with Crippen LogP contribution in [0.25, 0.3) is 0 Å². The number of amides is 2. The molecule has 0 bridgehead atoms. The highest BCUT2D eigenvalue weighted by atomic mass is 32.2. The second kappa shape index (κ2) is 13.7. The Balaban J connectivity index is 1.81. The van der Waals surface area contributed by atoms with Crippen LogP contribution in [0.4, 0.5) is 23.2 Å². The molecule has 1 atom stereocenters. The summed E-state index contributed by atoms with van der Waals surface area (Å²) in [5, 5.41) is 2.53. The van der Waals surface area contributed by atoms with Gasteiger partial charge in [0.2, 0.25) is 11.8 Å². The lowest BCUT2D eigenvalue weighted by atomic mass is 10.0. The molecule has 12 heteroatoms. The van der Waals surface area contributed by atoms with Gasteiger partial charge < -0.3 is 10.2 Å². The fraction of sp³-hybridized carbons (Fsp3) is 0.188. The van der Waals surface area contributed by atoms with Crippen molar-refractivity contribution in [2.45, 2.75) is 30.1 Å². The lowest BCUT2D eigenvalue weighted by Gasteiger charge is -2.33. The van der Waals surface area contributed by atoms with Crippen LogP contribution in [0.15, 0.2) is 114 Å². The van der Waals surface area contributed by atoms with Crippen LogP contribution in [-0.2, 0) is 38.8 Å². The zero-order chi connectivity index (χ0) is 31.9. The molecule has 1 N–H and O–H groups in total. The van der Waals surface area contributed by atoms with Gasteiger partial charge in [-0.3, -0.25) is 13.9 Å². The fourth-order valence-corrected chi connectivity index (χ4v) is 6.02. The molecule has 0 saturated carbocycles. The lowest BCUT2D eigenvalue weighted by molar-refractivity contribution is -0.139. The van der Waals surface area contributed by atoms with E-state index < -0.39 is 57.7 Å². The largest absolute Gasteiger partial charge is 0.416 e. The number of hydrogen-bond donors (Lipinski definition) is 1. The fourth-order valence-electron chi connectivity index (χ4n) is 4.59. The number of nitrogens with one attached hydrogen (secondary N) is 1. The first-order valence-electron chi connectivity index (χ1n) is 13.4. The van der Waals surface area contributed by atoms with Crippen molar-refractivity contribution in [1.29, 1.82) is 0 Å². The zero-order valence-corrected chi connectivity index (χ0v) is 24.4. The molecule has 4 rings (SSSR count). The third kappa shape index (κ3) is 7.81. The van der Waals surface area contributed by atoms with Crippen molar-refractivity contribution in [3.8, 4) is 0 Å². The van der Waals surface area contributed by atoms with Crippen LogP contribution in [0, 0.1) is 5.82 Å². The number of sulfonamides is 1. The summed E-state index contributed by atoms with van der Waals surface area (Å²) in [6.45, 7) is -1.14. The number of benzene rings is 4. The molecule has 230 valence electrons. The first-order valence-corrected chi connectivity index (χ1v) is 14.9. The topological polar surface area (TPSA) is 86.8 Å². The number of alkyl halides is 3. The van der Waals surface area contributed by atoms with Crippen molar-refractivity contribution in [3.63, 3.8) is 0 Å². The van der Waals surface area contributed by atoms with E-state index in [0.29, 0.717) is 21.5 Å². The van der Waals surface area contributed by atoms with E-state index in [2.05, 4.69) is 5.32 Å². The van der Waals surface area contributed by atoms with Crippen molar-refractivity contribution >= 4 is 27.5 Å². The standard InChI is InChI=1S/C32H29F4N3O4S/c1-37-31(41)29(19-23-9-4-2-5-10-23)38(21-24-15-17-26(33)18-16-24)30(40)22-39(44(42,43)28-13-6-3-7-14-28)27-12-8-11-25(20-27)32(34,35)36/h2-18,20,29H,19,21-22H2,1H3,(H,37,41)/t29-/m0/s1. The molecule has 0 aliphatic heterocycles. The Morgan fingerprint density at radius 3 is 2.02 bits per heavy atom. The van der Waals surface area contributed by atoms with Gasteiger partial charge in [-0.2, -0.15) is 13.2 Å². The quantitative estimate of drug-likeness (QED) is 0.225. The molecule has 0 heterocycles. The first kappa shape index (κ1) is 32.2. The highest BCUT2D eigenvalue weighted by Crippen LogP contribution is 2.33. The first-order chi connectivity index (χ1) is 20.9. The van der Waals surface area contributed by atoms with E-state index in [1.807, 2.05) is 0 Å². The SMILES string of the molecule is CNC(=O)[C@H](Cc1ccccc1)N(Cc1ccc(F)cc1)C(=O)CN(c1cccc(C(F)(F)F)c1)S(=O)(=O)c1ccccc1. The molecular formula is C32H29F4N3O4S. The molecule has 0 radical (unpaired) electrons. The maximum Gasteiger partial charge on any atom is 0.416 e. The van der Waals surface area contributed by atoms with E-state index in [9.17, 15) is 35.6 Å². The second-order valence-corrected chi connectivity index (χ2v) is 11.7. The summed E-state index contributed by atoms with van der Waals surface area (Å²) in [6, 6.07) is 23.5. The zero-order valence-electron chi connectivity index (χ0n) is 23.5. The third-order valence-electron chi connectivity index (χ3n) is 6.86. The smallest absolute Gasteiger partial charge is 0.357 e. The van der Waals surface area contributed by atoms with Gasteiger partial charge >= 0.3 is 6.18 Å². The Morgan fingerprint density at radius 1 is 0.818 bits per heavy atom. The van der Waals surface area contributed by atoms with E-state index >= 15 is 0 Å². The highest BCUT2D eigenvalue weighted by Gasteiger charge is 2.36. The van der Waals surface area contributed by atoms with Gasteiger partial charge in [-0.1, -0.05) is 66.7 Å². The van der Waals surface area contributed by atoms with Gasteiger partial charge in [-0.25, -0.2) is 12.8 Å². The van der Waals surface area contributed by atoms with Gasteiger partial charge in [0.25, 0.3) is 10.0 Å². The molecule has 0 unspecified atom stereocenters. The Bertz CT molecular complexity index is 1680. The van der Waals surface area contributed by atoms with Crippen molar-refractivity contribution in [2.75, 3.05) is 17.9 Å². The van der Waals surface area contributed by atoms with Crippen LogP contribution >= 0.6 is 0 Å². The number of anilines is 1. The van der Waals surface area contributed by atoms with E-state index in [0.717, 1.165) is 23.1 Å². The molecular weight excluding hydrogens is 598 g/mol. The summed E-state index contributed by atoms with van der Waals surface area (Å²) >= 11 is 0. The van der Waals surface area contributed by atoms with E-state index in [-0.39, 0.29) is 17.9 Å². The summed E-state index contributed by atoms with van der Waals surface area (Å²) in [5.74, 6) is -1.94. The number of likely N-dealkylation sites (N-methyl/N-ethyl adjacent to an activating group) is 1. The summed E-state index contributed by atoms with van der Waals surface area (Å²) < 4.78 is 82.9.